The minimum atomic E-state index is -3.45. The van der Waals surface area contributed by atoms with Gasteiger partial charge in [-0.2, -0.15) is 0 Å². The molecule has 0 atom stereocenters. The summed E-state index contributed by atoms with van der Waals surface area (Å²) in [4.78, 5) is 12.4. The van der Waals surface area contributed by atoms with E-state index in [4.69, 9.17) is 11.6 Å². The highest BCUT2D eigenvalue weighted by molar-refractivity contribution is 9.10. The summed E-state index contributed by atoms with van der Waals surface area (Å²) in [6, 6.07) is 1.54. The Bertz CT molecular complexity index is 511. The molecular formula is C9H10BrClO3S2. The quantitative estimate of drug-likeness (QED) is 0.791. The zero-order valence-corrected chi connectivity index (χ0v) is 12.8. The van der Waals surface area contributed by atoms with Crippen molar-refractivity contribution in [1.82, 2.24) is 0 Å². The number of sulfone groups is 1. The van der Waals surface area contributed by atoms with Crippen molar-refractivity contribution in [1.29, 1.82) is 0 Å². The van der Waals surface area contributed by atoms with E-state index >= 15 is 0 Å². The number of hydrogen-bond donors (Lipinski definition) is 0. The minimum absolute atomic E-state index is 0.340. The number of ketones is 1. The molecule has 1 heterocycles. The first kappa shape index (κ1) is 14.2. The number of thiophene rings is 1. The van der Waals surface area contributed by atoms with Crippen LogP contribution in [0.5, 0.6) is 0 Å². The Morgan fingerprint density at radius 3 is 2.31 bits per heavy atom. The Morgan fingerprint density at radius 1 is 1.50 bits per heavy atom. The largest absolute Gasteiger partial charge is 0.292 e. The summed E-state index contributed by atoms with van der Waals surface area (Å²) >= 11 is 10.1. The highest BCUT2D eigenvalue weighted by Crippen LogP contribution is 2.35. The van der Waals surface area contributed by atoms with Gasteiger partial charge < -0.3 is 0 Å². The lowest BCUT2D eigenvalue weighted by atomic mass is 10.1. The van der Waals surface area contributed by atoms with Crippen LogP contribution in [0.1, 0.15) is 23.5 Å². The molecule has 0 aliphatic carbocycles. The maximum absolute atomic E-state index is 12.0. The number of carbonyl (C=O) groups excluding carboxylic acids is 1. The van der Waals surface area contributed by atoms with Crippen LogP contribution in [0.3, 0.4) is 0 Å². The van der Waals surface area contributed by atoms with Gasteiger partial charge in [0.15, 0.2) is 15.6 Å². The van der Waals surface area contributed by atoms with Crippen molar-refractivity contribution >= 4 is 54.5 Å². The molecule has 0 saturated carbocycles. The van der Waals surface area contributed by atoms with Crippen molar-refractivity contribution in [2.45, 2.75) is 18.6 Å². The maximum Gasteiger partial charge on any atom is 0.193 e. The van der Waals surface area contributed by atoms with E-state index in [0.717, 1.165) is 17.6 Å². The van der Waals surface area contributed by atoms with Gasteiger partial charge in [-0.05, 0) is 35.8 Å². The molecule has 0 radical (unpaired) electrons. The summed E-state index contributed by atoms with van der Waals surface area (Å²) in [5, 5.41) is 0. The van der Waals surface area contributed by atoms with Crippen LogP contribution in [0, 0.1) is 0 Å². The maximum atomic E-state index is 12.0. The summed E-state index contributed by atoms with van der Waals surface area (Å²) in [6.07, 6.45) is 1.05. The lowest BCUT2D eigenvalue weighted by Crippen LogP contribution is -2.39. The van der Waals surface area contributed by atoms with E-state index in [1.807, 2.05) is 0 Å². The van der Waals surface area contributed by atoms with Crippen LogP contribution in [-0.4, -0.2) is 25.2 Å². The van der Waals surface area contributed by atoms with E-state index in [-0.39, 0.29) is 0 Å². The van der Waals surface area contributed by atoms with Gasteiger partial charge in [-0.1, -0.05) is 11.6 Å². The topological polar surface area (TPSA) is 51.2 Å². The normalized spacial score (nSPS) is 12.8. The molecule has 1 aromatic rings. The fraction of sp³-hybridized carbons (Fsp3) is 0.444. The standard InChI is InChI=1S/C9H10BrClO3S2/c1-9(2,16(3,13)14)7(12)6-4-5(10)8(11)15-6/h4H,1-3H3. The lowest BCUT2D eigenvalue weighted by Gasteiger charge is -2.19. The van der Waals surface area contributed by atoms with Gasteiger partial charge >= 0.3 is 0 Å². The summed E-state index contributed by atoms with van der Waals surface area (Å²) in [5.41, 5.74) is 0. The van der Waals surface area contributed by atoms with Crippen molar-refractivity contribution in [3.05, 3.63) is 19.8 Å². The van der Waals surface area contributed by atoms with E-state index in [9.17, 15) is 13.2 Å². The van der Waals surface area contributed by atoms with Crippen LogP contribution >= 0.6 is 38.9 Å². The van der Waals surface area contributed by atoms with Crippen LogP contribution < -0.4 is 0 Å². The molecule has 0 N–H and O–H groups in total. The van der Waals surface area contributed by atoms with Gasteiger partial charge in [-0.25, -0.2) is 8.42 Å². The van der Waals surface area contributed by atoms with Crippen LogP contribution in [0.2, 0.25) is 4.34 Å². The highest BCUT2D eigenvalue weighted by Gasteiger charge is 2.39. The minimum Gasteiger partial charge on any atom is -0.292 e. The number of halogens is 2. The molecule has 0 unspecified atom stereocenters. The first-order valence-corrected chi connectivity index (χ1v) is 8.14. The van der Waals surface area contributed by atoms with Gasteiger partial charge in [0.05, 0.1) is 4.88 Å². The molecule has 0 amide bonds. The van der Waals surface area contributed by atoms with E-state index < -0.39 is 20.4 Å². The molecule has 0 spiro atoms. The number of rotatable bonds is 3. The van der Waals surface area contributed by atoms with Crippen LogP contribution in [0.15, 0.2) is 10.5 Å². The van der Waals surface area contributed by atoms with E-state index in [0.29, 0.717) is 13.7 Å². The summed E-state index contributed by atoms with van der Waals surface area (Å²) in [5.74, 6) is -0.437. The average molecular weight is 346 g/mol. The SMILES string of the molecule is CC(C)(C(=O)c1cc(Br)c(Cl)s1)S(C)(=O)=O. The second-order valence-electron chi connectivity index (χ2n) is 3.84. The first-order chi connectivity index (χ1) is 7.07. The van der Waals surface area contributed by atoms with Gasteiger partial charge in [0.25, 0.3) is 0 Å². The Balaban J connectivity index is 3.23. The van der Waals surface area contributed by atoms with E-state index in [1.54, 1.807) is 6.07 Å². The average Bonchev–Trinajstić information content (AvgIpc) is 2.43. The fourth-order valence-electron chi connectivity index (χ4n) is 0.924. The van der Waals surface area contributed by atoms with E-state index in [2.05, 4.69) is 15.9 Å². The first-order valence-electron chi connectivity index (χ1n) is 4.26. The van der Waals surface area contributed by atoms with Crippen molar-refractivity contribution in [3.63, 3.8) is 0 Å². The number of Topliss-reactive ketones (excluding diaryl/α,β-unsaturated/α-hetero) is 1. The van der Waals surface area contributed by atoms with Gasteiger partial charge in [-0.3, -0.25) is 4.79 Å². The molecule has 0 aliphatic rings. The summed E-state index contributed by atoms with van der Waals surface area (Å²) in [7, 11) is -3.45. The highest BCUT2D eigenvalue weighted by atomic mass is 79.9. The number of hydrogen-bond acceptors (Lipinski definition) is 4. The summed E-state index contributed by atoms with van der Waals surface area (Å²) < 4.78 is 22.6. The monoisotopic (exact) mass is 344 g/mol. The Hall–Kier alpha value is 0.0900. The molecule has 90 valence electrons. The Morgan fingerprint density at radius 2 is 2.00 bits per heavy atom. The van der Waals surface area contributed by atoms with Gasteiger partial charge in [-0.15, -0.1) is 11.3 Å². The summed E-state index contributed by atoms with van der Waals surface area (Å²) in [6.45, 7) is 2.79. The van der Waals surface area contributed by atoms with Crippen molar-refractivity contribution in [3.8, 4) is 0 Å². The fourth-order valence-corrected chi connectivity index (χ4v) is 3.24. The molecular weight excluding hydrogens is 336 g/mol. The molecule has 0 aliphatic heterocycles. The second-order valence-corrected chi connectivity index (χ2v) is 8.92. The van der Waals surface area contributed by atoms with Gasteiger partial charge in [0, 0.05) is 10.7 Å². The third-order valence-corrected chi connectivity index (χ3v) is 6.86. The second kappa shape index (κ2) is 4.40. The van der Waals surface area contributed by atoms with Crippen molar-refractivity contribution in [2.24, 2.45) is 0 Å². The third kappa shape index (κ3) is 2.50. The zero-order chi connectivity index (χ0) is 12.7. The third-order valence-electron chi connectivity index (χ3n) is 2.34. The molecule has 16 heavy (non-hydrogen) atoms. The Labute approximate surface area is 112 Å². The van der Waals surface area contributed by atoms with Crippen LogP contribution in [0.4, 0.5) is 0 Å². The van der Waals surface area contributed by atoms with Crippen LogP contribution in [0.25, 0.3) is 0 Å². The molecule has 0 fully saturated rings. The zero-order valence-electron chi connectivity index (χ0n) is 8.87. The van der Waals surface area contributed by atoms with Crippen molar-refractivity contribution < 1.29 is 13.2 Å². The molecule has 0 bridgehead atoms. The number of carbonyl (C=O) groups is 1. The predicted octanol–water partition coefficient (Wildman–Crippen LogP) is 3.17. The molecule has 3 nitrogen and oxygen atoms in total. The predicted molar refractivity (Wildman–Crippen MR) is 70.3 cm³/mol. The molecule has 0 aromatic carbocycles. The van der Waals surface area contributed by atoms with Gasteiger partial charge in [0.1, 0.15) is 9.08 Å². The smallest absolute Gasteiger partial charge is 0.193 e. The van der Waals surface area contributed by atoms with Crippen molar-refractivity contribution in [2.75, 3.05) is 6.26 Å². The molecule has 1 aromatic heterocycles. The van der Waals surface area contributed by atoms with Crippen LogP contribution in [-0.2, 0) is 9.84 Å². The van der Waals surface area contributed by atoms with E-state index in [1.165, 1.54) is 13.8 Å². The molecule has 7 heteroatoms. The molecule has 1 rings (SSSR count). The Kier molecular flexibility index (Phi) is 3.89. The van der Waals surface area contributed by atoms with Gasteiger partial charge in [0.2, 0.25) is 0 Å². The lowest BCUT2D eigenvalue weighted by molar-refractivity contribution is 0.0958. The molecule has 0 saturated heterocycles.